The summed E-state index contributed by atoms with van der Waals surface area (Å²) in [5, 5.41) is 0. The maximum absolute atomic E-state index is 13.5. The fraction of sp³-hybridized carbons (Fsp3) is 0.316. The number of halogens is 1. The molecule has 0 atom stereocenters. The van der Waals surface area contributed by atoms with Gasteiger partial charge in [-0.3, -0.25) is 0 Å². The van der Waals surface area contributed by atoms with Crippen LogP contribution in [-0.2, 0) is 20.0 Å². The molecular weight excluding hydrogens is 275 g/mol. The summed E-state index contributed by atoms with van der Waals surface area (Å²) in [6.07, 6.45) is 2.30. The van der Waals surface area contributed by atoms with Crippen molar-refractivity contribution >= 4 is 11.0 Å². The molecule has 0 bridgehead atoms. The summed E-state index contributed by atoms with van der Waals surface area (Å²) in [5.41, 5.74) is 7.46. The second-order valence-electron chi connectivity index (χ2n) is 6.39. The number of aromatic nitrogens is 2. The second kappa shape index (κ2) is 4.67. The summed E-state index contributed by atoms with van der Waals surface area (Å²) in [6.45, 7) is 5.17. The normalized spacial score (nSPS) is 13.8. The van der Waals surface area contributed by atoms with Gasteiger partial charge in [0, 0.05) is 5.56 Å². The molecule has 0 aliphatic carbocycles. The van der Waals surface area contributed by atoms with Gasteiger partial charge in [-0.15, -0.1) is 0 Å². The van der Waals surface area contributed by atoms with Crippen LogP contribution in [0.15, 0.2) is 30.3 Å². The van der Waals surface area contributed by atoms with Crippen molar-refractivity contribution in [2.75, 3.05) is 0 Å². The Balaban J connectivity index is 2.11. The number of nitrogens with zero attached hydrogens (tertiary/aromatic N) is 2. The molecule has 112 valence electrons. The van der Waals surface area contributed by atoms with E-state index in [-0.39, 0.29) is 5.82 Å². The molecular formula is C19H20FN2+. The Hall–Kier alpha value is -2.16. The number of imidazole rings is 1. The highest BCUT2D eigenvalue weighted by atomic mass is 19.1. The van der Waals surface area contributed by atoms with Gasteiger partial charge in [0.2, 0.25) is 0 Å². The molecule has 1 aliphatic rings. The lowest BCUT2D eigenvalue weighted by atomic mass is 10.0. The first kappa shape index (κ1) is 13.5. The molecule has 0 fully saturated rings. The molecule has 2 heterocycles. The molecule has 0 saturated carbocycles. The molecule has 0 unspecified atom stereocenters. The summed E-state index contributed by atoms with van der Waals surface area (Å²) in [7, 11) is 2.12. The van der Waals surface area contributed by atoms with Gasteiger partial charge in [0.25, 0.3) is 5.82 Å². The Bertz CT molecular complexity index is 906. The predicted molar refractivity (Wildman–Crippen MR) is 86.3 cm³/mol. The van der Waals surface area contributed by atoms with Crippen molar-refractivity contribution in [2.24, 2.45) is 7.05 Å². The molecule has 3 aromatic rings. The van der Waals surface area contributed by atoms with Crippen LogP contribution in [0, 0.1) is 19.7 Å². The van der Waals surface area contributed by atoms with Crippen molar-refractivity contribution in [3.8, 4) is 11.4 Å². The summed E-state index contributed by atoms with van der Waals surface area (Å²) < 4.78 is 18.1. The summed E-state index contributed by atoms with van der Waals surface area (Å²) in [5.74, 6) is 1.01. The number of rotatable bonds is 1. The van der Waals surface area contributed by atoms with Gasteiger partial charge < -0.3 is 0 Å². The number of hydrogen-bond acceptors (Lipinski definition) is 0. The molecule has 1 aliphatic heterocycles. The van der Waals surface area contributed by atoms with Gasteiger partial charge >= 0.3 is 0 Å². The quantitative estimate of drug-likeness (QED) is 0.603. The lowest BCUT2D eigenvalue weighted by Gasteiger charge is -2.12. The van der Waals surface area contributed by atoms with Gasteiger partial charge in [0.15, 0.2) is 11.0 Å². The number of aryl methyl sites for hydroxylation is 5. The second-order valence-corrected chi connectivity index (χ2v) is 6.39. The van der Waals surface area contributed by atoms with Gasteiger partial charge in [-0.05, 0) is 62.1 Å². The molecule has 0 spiro atoms. The first-order valence-corrected chi connectivity index (χ1v) is 7.84. The largest absolute Gasteiger partial charge is 0.289 e. The Morgan fingerprint density at radius 3 is 2.73 bits per heavy atom. The highest BCUT2D eigenvalue weighted by Crippen LogP contribution is 2.30. The van der Waals surface area contributed by atoms with Gasteiger partial charge in [-0.1, -0.05) is 6.07 Å². The maximum atomic E-state index is 13.5. The van der Waals surface area contributed by atoms with Crippen LogP contribution >= 0.6 is 0 Å². The lowest BCUT2D eigenvalue weighted by molar-refractivity contribution is -0.664. The molecule has 0 amide bonds. The van der Waals surface area contributed by atoms with Crippen LogP contribution in [-0.4, -0.2) is 4.57 Å². The van der Waals surface area contributed by atoms with E-state index in [0.29, 0.717) is 0 Å². The van der Waals surface area contributed by atoms with Crippen LogP contribution in [0.5, 0.6) is 0 Å². The van der Waals surface area contributed by atoms with Crippen LogP contribution in [0.2, 0.25) is 0 Å². The molecule has 0 radical (unpaired) electrons. The van der Waals surface area contributed by atoms with E-state index in [2.05, 4.69) is 35.2 Å². The monoisotopic (exact) mass is 295 g/mol. The molecule has 2 aromatic carbocycles. The zero-order valence-corrected chi connectivity index (χ0v) is 13.3. The highest BCUT2D eigenvalue weighted by Gasteiger charge is 2.29. The third-order valence-electron chi connectivity index (χ3n) is 4.77. The number of hydrogen-bond donors (Lipinski definition) is 0. The minimum Gasteiger partial charge on any atom is -0.226 e. The first-order valence-electron chi connectivity index (χ1n) is 7.84. The van der Waals surface area contributed by atoms with E-state index in [9.17, 15) is 4.39 Å². The van der Waals surface area contributed by atoms with E-state index in [1.54, 1.807) is 12.1 Å². The van der Waals surface area contributed by atoms with Crippen molar-refractivity contribution in [3.63, 3.8) is 0 Å². The van der Waals surface area contributed by atoms with Crippen LogP contribution in [0.1, 0.15) is 23.1 Å². The third-order valence-corrected chi connectivity index (χ3v) is 4.77. The van der Waals surface area contributed by atoms with E-state index < -0.39 is 0 Å². The summed E-state index contributed by atoms with van der Waals surface area (Å²) >= 11 is 0. The number of benzene rings is 2. The molecule has 0 N–H and O–H groups in total. The van der Waals surface area contributed by atoms with Gasteiger partial charge in [-0.2, -0.15) is 0 Å². The Kier molecular flexibility index (Phi) is 2.86. The minimum absolute atomic E-state index is 0.171. The molecule has 3 heteroatoms. The van der Waals surface area contributed by atoms with Crippen molar-refractivity contribution in [1.82, 2.24) is 4.57 Å². The zero-order chi connectivity index (χ0) is 15.4. The fourth-order valence-corrected chi connectivity index (χ4v) is 3.84. The van der Waals surface area contributed by atoms with Gasteiger partial charge in [-0.25, -0.2) is 13.5 Å². The topological polar surface area (TPSA) is 8.81 Å². The molecule has 0 saturated heterocycles. The van der Waals surface area contributed by atoms with E-state index in [4.69, 9.17) is 0 Å². The van der Waals surface area contributed by atoms with E-state index in [0.717, 1.165) is 30.5 Å². The van der Waals surface area contributed by atoms with Crippen LogP contribution in [0.4, 0.5) is 4.39 Å². The Labute approximate surface area is 129 Å². The standard InChI is InChI=1S/C19H20FN2/c1-12-9-14-5-4-8-22-18(14)17(10-12)21(3)19(22)16-7-6-15(20)11-13(16)2/h6-7,9-11H,4-5,8H2,1-3H3/q+1. The van der Waals surface area contributed by atoms with E-state index in [1.165, 1.54) is 28.0 Å². The Morgan fingerprint density at radius 1 is 1.14 bits per heavy atom. The van der Waals surface area contributed by atoms with Crippen molar-refractivity contribution in [1.29, 1.82) is 0 Å². The fourth-order valence-electron chi connectivity index (χ4n) is 3.84. The lowest BCUT2D eigenvalue weighted by Crippen LogP contribution is -2.39. The van der Waals surface area contributed by atoms with Gasteiger partial charge in [0.05, 0.1) is 19.2 Å². The van der Waals surface area contributed by atoms with Crippen molar-refractivity contribution in [2.45, 2.75) is 33.2 Å². The van der Waals surface area contributed by atoms with Crippen molar-refractivity contribution in [3.05, 3.63) is 52.8 Å². The van der Waals surface area contributed by atoms with E-state index in [1.807, 2.05) is 13.0 Å². The Morgan fingerprint density at radius 2 is 1.95 bits per heavy atom. The molecule has 2 nitrogen and oxygen atoms in total. The minimum atomic E-state index is -0.171. The molecule has 4 rings (SSSR count). The SMILES string of the molecule is Cc1cc2c3c(c1)n(C)c(-c1ccc(F)cc1C)[n+]3CCC2. The van der Waals surface area contributed by atoms with Crippen LogP contribution in [0.25, 0.3) is 22.4 Å². The summed E-state index contributed by atoms with van der Waals surface area (Å²) in [6, 6.07) is 9.64. The average molecular weight is 295 g/mol. The van der Waals surface area contributed by atoms with E-state index >= 15 is 0 Å². The predicted octanol–water partition coefficient (Wildman–Crippen LogP) is 3.83. The van der Waals surface area contributed by atoms with Crippen molar-refractivity contribution < 1.29 is 8.96 Å². The molecule has 1 aromatic heterocycles. The zero-order valence-electron chi connectivity index (χ0n) is 13.3. The summed E-state index contributed by atoms with van der Waals surface area (Å²) in [4.78, 5) is 0. The average Bonchev–Trinajstić information content (AvgIpc) is 2.74. The smallest absolute Gasteiger partial charge is 0.226 e. The van der Waals surface area contributed by atoms with Crippen LogP contribution < -0.4 is 4.57 Å². The third kappa shape index (κ3) is 1.81. The van der Waals surface area contributed by atoms with Gasteiger partial charge in [0.1, 0.15) is 5.82 Å². The van der Waals surface area contributed by atoms with Crippen LogP contribution in [0.3, 0.4) is 0 Å². The highest BCUT2D eigenvalue weighted by molar-refractivity contribution is 5.80. The first-order chi connectivity index (χ1) is 10.6. The molecule has 22 heavy (non-hydrogen) atoms. The maximum Gasteiger partial charge on any atom is 0.289 e.